The van der Waals surface area contributed by atoms with E-state index in [2.05, 4.69) is 215 Å². The molecule has 0 radical (unpaired) electrons. The van der Waals surface area contributed by atoms with E-state index in [0.717, 1.165) is 156 Å². The summed E-state index contributed by atoms with van der Waals surface area (Å²) in [7, 11) is 0. The Hall–Kier alpha value is -12.2. The first-order valence-corrected chi connectivity index (χ1v) is 29.3. The first kappa shape index (κ1) is 51.5. The van der Waals surface area contributed by atoms with Crippen molar-refractivity contribution < 1.29 is 0 Å². The number of aromatic nitrogens is 7. The Morgan fingerprint density at radius 1 is 0.250 bits per heavy atom. The average Bonchev–Trinajstić information content (AvgIpc) is 1.62. The highest BCUT2D eigenvalue weighted by molar-refractivity contribution is 6.14. The van der Waals surface area contributed by atoms with Gasteiger partial charge in [0, 0.05) is 71.6 Å². The van der Waals surface area contributed by atoms with Gasteiger partial charge in [0.15, 0.2) is 0 Å². The minimum atomic E-state index is 0.546. The second-order valence-electron chi connectivity index (χ2n) is 21.9. The number of fused-ring (bicyclic) bond motifs is 6. The molecule has 7 heterocycles. The molecule has 0 N–H and O–H groups in total. The van der Waals surface area contributed by atoms with Crippen molar-refractivity contribution in [1.82, 2.24) is 34.1 Å². The molecule has 410 valence electrons. The van der Waals surface area contributed by atoms with Gasteiger partial charge < -0.3 is 9.13 Å². The van der Waals surface area contributed by atoms with E-state index in [1.54, 1.807) is 0 Å². The van der Waals surface area contributed by atoms with Gasteiger partial charge in [0.1, 0.15) is 0 Å². The molecular formula is C80H50N8. The first-order valence-electron chi connectivity index (χ1n) is 29.3. The second kappa shape index (κ2) is 21.8. The topological polar surface area (TPSA) is 98.1 Å². The largest absolute Gasteiger partial charge is 0.307 e. The van der Waals surface area contributed by atoms with Crippen molar-refractivity contribution in [2.24, 2.45) is 0 Å². The van der Waals surface area contributed by atoms with Crippen molar-refractivity contribution >= 4 is 43.6 Å². The zero-order valence-electron chi connectivity index (χ0n) is 47.4. The quantitative estimate of drug-likeness (QED) is 0.128. The molecule has 16 aromatic rings. The Balaban J connectivity index is 0.941. The number of pyridine rings is 5. The standard InChI is InChI=1S/C80H50N8/c81-49-52-18-13-27-61(44-52)80-78(87-74-40-36-57(70-32-14-28-66(83-70)53-19-5-1-6-20-53)45-62(74)63-46-58(37-41-75(63)87)71-33-15-29-67(84-71)54-21-7-2-8-22-54)50-82-51-79(80)88-76-42-38-59(72-34-16-30-68(85-72)55-23-9-3-10-24-55)47-64(76)65-48-60(39-43-77(65)88)73-35-17-31-69(86-73)56-25-11-4-12-26-56/h1-48,50-51H. The number of hydrogen-bond acceptors (Lipinski definition) is 6. The minimum Gasteiger partial charge on any atom is -0.307 e. The van der Waals surface area contributed by atoms with Crippen molar-refractivity contribution in [1.29, 1.82) is 5.26 Å². The molecule has 88 heavy (non-hydrogen) atoms. The Labute approximate surface area is 507 Å². The van der Waals surface area contributed by atoms with E-state index in [4.69, 9.17) is 24.9 Å². The monoisotopic (exact) mass is 1120 g/mol. The summed E-state index contributed by atoms with van der Waals surface area (Å²) in [5, 5.41) is 14.7. The molecule has 0 aliphatic heterocycles. The first-order chi connectivity index (χ1) is 43.6. The summed E-state index contributed by atoms with van der Waals surface area (Å²) in [6.07, 6.45) is 3.93. The van der Waals surface area contributed by atoms with E-state index in [9.17, 15) is 5.26 Å². The van der Waals surface area contributed by atoms with Crippen LogP contribution in [0.3, 0.4) is 0 Å². The molecule has 0 amide bonds. The lowest BCUT2D eigenvalue weighted by molar-refractivity contribution is 1.09. The predicted octanol–water partition coefficient (Wildman–Crippen LogP) is 19.7. The van der Waals surface area contributed by atoms with Crippen molar-refractivity contribution in [3.05, 3.63) is 309 Å². The van der Waals surface area contributed by atoms with Crippen LogP contribution >= 0.6 is 0 Å². The molecule has 8 nitrogen and oxygen atoms in total. The SMILES string of the molecule is N#Cc1cccc(-c2c(-n3c4ccc(-c5cccc(-c6ccccc6)n5)cc4c4cc(-c5cccc(-c6ccccc6)n5)ccc43)cncc2-n2c3ccc(-c4cccc(-c5ccccc5)n4)cc3c3cc(-c4cccc(-c5ccccc5)n4)ccc32)c1. The van der Waals surface area contributed by atoms with Crippen molar-refractivity contribution in [2.75, 3.05) is 0 Å². The Kier molecular flexibility index (Phi) is 12.7. The van der Waals surface area contributed by atoms with Crippen LogP contribution in [-0.2, 0) is 0 Å². The second-order valence-corrected chi connectivity index (χ2v) is 21.9. The molecule has 7 aromatic heterocycles. The summed E-state index contributed by atoms with van der Waals surface area (Å²) in [5.74, 6) is 0. The highest BCUT2D eigenvalue weighted by atomic mass is 15.0. The summed E-state index contributed by atoms with van der Waals surface area (Å²) < 4.78 is 4.68. The number of hydrogen-bond donors (Lipinski definition) is 0. The maximum atomic E-state index is 10.6. The van der Waals surface area contributed by atoms with Gasteiger partial charge in [-0.15, -0.1) is 0 Å². The third kappa shape index (κ3) is 9.24. The molecule has 16 rings (SSSR count). The van der Waals surface area contributed by atoms with E-state index in [1.165, 1.54) is 0 Å². The van der Waals surface area contributed by atoms with Crippen LogP contribution in [-0.4, -0.2) is 34.1 Å². The summed E-state index contributed by atoms with van der Waals surface area (Å²) in [4.78, 5) is 26.2. The Morgan fingerprint density at radius 3 is 0.818 bits per heavy atom. The van der Waals surface area contributed by atoms with E-state index < -0.39 is 0 Å². The van der Waals surface area contributed by atoms with Gasteiger partial charge >= 0.3 is 0 Å². The van der Waals surface area contributed by atoms with Gasteiger partial charge in [0.25, 0.3) is 0 Å². The van der Waals surface area contributed by atoms with Gasteiger partial charge in [-0.3, -0.25) is 4.98 Å². The average molecular weight is 1120 g/mol. The lowest BCUT2D eigenvalue weighted by Gasteiger charge is -2.20. The molecule has 8 heteroatoms. The smallest absolute Gasteiger partial charge is 0.0991 e. The lowest BCUT2D eigenvalue weighted by Crippen LogP contribution is -2.05. The van der Waals surface area contributed by atoms with E-state index in [-0.39, 0.29) is 0 Å². The van der Waals surface area contributed by atoms with Crippen molar-refractivity contribution in [3.63, 3.8) is 0 Å². The van der Waals surface area contributed by atoms with Crippen LogP contribution in [0.2, 0.25) is 0 Å². The number of rotatable bonds is 11. The molecule has 9 aromatic carbocycles. The summed E-state index contributed by atoms with van der Waals surface area (Å²) >= 11 is 0. The lowest BCUT2D eigenvalue weighted by atomic mass is 10.0. The van der Waals surface area contributed by atoms with Crippen LogP contribution in [0, 0.1) is 11.3 Å². The number of benzene rings is 9. The van der Waals surface area contributed by atoms with Gasteiger partial charge in [-0.05, 0) is 115 Å². The van der Waals surface area contributed by atoms with Gasteiger partial charge in [-0.2, -0.15) is 5.26 Å². The van der Waals surface area contributed by atoms with Gasteiger partial charge in [-0.1, -0.05) is 182 Å². The van der Waals surface area contributed by atoms with Crippen LogP contribution in [0.5, 0.6) is 0 Å². The third-order valence-electron chi connectivity index (χ3n) is 16.7. The molecule has 0 aliphatic rings. The van der Waals surface area contributed by atoms with Crippen LogP contribution in [0.4, 0.5) is 0 Å². The molecule has 0 unspecified atom stereocenters. The molecule has 0 spiro atoms. The Morgan fingerprint density at radius 2 is 0.523 bits per heavy atom. The number of nitrogens with zero attached hydrogens (tertiary/aromatic N) is 8. The fraction of sp³-hybridized carbons (Fsp3) is 0. The fourth-order valence-corrected chi connectivity index (χ4v) is 12.5. The van der Waals surface area contributed by atoms with Crippen LogP contribution in [0.15, 0.2) is 304 Å². The summed E-state index contributed by atoms with van der Waals surface area (Å²) in [6, 6.07) is 103. The normalized spacial score (nSPS) is 11.4. The molecular weight excluding hydrogens is 1070 g/mol. The Bertz CT molecular complexity index is 4810. The van der Waals surface area contributed by atoms with E-state index in [0.29, 0.717) is 5.56 Å². The summed E-state index contributed by atoms with van der Waals surface area (Å²) in [5.41, 5.74) is 23.1. The molecule has 0 saturated heterocycles. The van der Waals surface area contributed by atoms with Crippen molar-refractivity contribution in [3.8, 4) is 119 Å². The minimum absolute atomic E-state index is 0.546. The van der Waals surface area contributed by atoms with E-state index >= 15 is 0 Å². The van der Waals surface area contributed by atoms with Crippen LogP contribution in [0.25, 0.3) is 156 Å². The highest BCUT2D eigenvalue weighted by Crippen LogP contribution is 2.45. The zero-order valence-corrected chi connectivity index (χ0v) is 47.4. The molecule has 0 saturated carbocycles. The molecule has 0 atom stereocenters. The van der Waals surface area contributed by atoms with Crippen LogP contribution in [0.1, 0.15) is 5.56 Å². The van der Waals surface area contributed by atoms with Crippen molar-refractivity contribution in [2.45, 2.75) is 0 Å². The van der Waals surface area contributed by atoms with Gasteiger partial charge in [-0.25, -0.2) is 19.9 Å². The number of nitriles is 1. The molecule has 0 aliphatic carbocycles. The molecule has 0 fully saturated rings. The van der Waals surface area contributed by atoms with Gasteiger partial charge in [0.05, 0.1) is 103 Å². The zero-order chi connectivity index (χ0) is 58.5. The predicted molar refractivity (Wildman–Crippen MR) is 358 cm³/mol. The highest BCUT2D eigenvalue weighted by Gasteiger charge is 2.25. The van der Waals surface area contributed by atoms with E-state index in [1.807, 2.05) is 103 Å². The maximum Gasteiger partial charge on any atom is 0.0991 e. The fourth-order valence-electron chi connectivity index (χ4n) is 12.5. The van der Waals surface area contributed by atoms with Gasteiger partial charge in [0.2, 0.25) is 0 Å². The van der Waals surface area contributed by atoms with Crippen LogP contribution < -0.4 is 0 Å². The summed E-state index contributed by atoms with van der Waals surface area (Å²) in [6.45, 7) is 0. The maximum absolute atomic E-state index is 10.6. The third-order valence-corrected chi connectivity index (χ3v) is 16.7. The molecule has 0 bridgehead atoms.